The molecule has 0 amide bonds. The number of fused-ring (bicyclic) bond motifs is 1. The molecule has 2 heterocycles. The highest BCUT2D eigenvalue weighted by Gasteiger charge is 2.30. The van der Waals surface area contributed by atoms with Crippen molar-refractivity contribution in [3.63, 3.8) is 0 Å². The van der Waals surface area contributed by atoms with E-state index in [-0.39, 0.29) is 16.5 Å². The van der Waals surface area contributed by atoms with Crippen molar-refractivity contribution in [2.24, 2.45) is 0 Å². The Hall–Kier alpha value is -1.55. The molecule has 1 unspecified atom stereocenters. The molecule has 0 bridgehead atoms. The zero-order chi connectivity index (χ0) is 17.3. The number of nitrogens with one attached hydrogen (secondary N) is 1. The Morgan fingerprint density at radius 2 is 2.29 bits per heavy atom. The van der Waals surface area contributed by atoms with Crippen LogP contribution < -0.4 is 4.72 Å². The van der Waals surface area contributed by atoms with Gasteiger partial charge in [-0.05, 0) is 31.0 Å². The van der Waals surface area contributed by atoms with Crippen LogP contribution in [0.5, 0.6) is 0 Å². The Balaban J connectivity index is 1.89. The van der Waals surface area contributed by atoms with Gasteiger partial charge in [0.15, 0.2) is 5.82 Å². The number of aryl methyl sites for hydroxylation is 1. The maximum absolute atomic E-state index is 13.1. The molecule has 1 aliphatic heterocycles. The summed E-state index contributed by atoms with van der Waals surface area (Å²) in [7, 11) is -2.38. The largest absolute Gasteiger partial charge is 0.377 e. The van der Waals surface area contributed by atoms with Crippen molar-refractivity contribution in [2.45, 2.75) is 36.9 Å². The number of benzene rings is 1. The lowest BCUT2D eigenvalue weighted by atomic mass is 10.1. The highest BCUT2D eigenvalue weighted by molar-refractivity contribution is 7.89. The summed E-state index contributed by atoms with van der Waals surface area (Å²) in [4.78, 5) is 4.18. The number of rotatable bonds is 5. The molecule has 1 aromatic heterocycles. The normalized spacial score (nSPS) is 17.7. The third kappa shape index (κ3) is 3.44. The number of methoxy groups -OCH3 is 1. The quantitative estimate of drug-likeness (QED) is 0.865. The third-order valence-corrected chi connectivity index (χ3v) is 5.63. The molecule has 0 spiro atoms. The van der Waals surface area contributed by atoms with Gasteiger partial charge in [-0.1, -0.05) is 11.6 Å². The van der Waals surface area contributed by atoms with Gasteiger partial charge >= 0.3 is 0 Å². The minimum Gasteiger partial charge on any atom is -0.377 e. The fourth-order valence-electron chi connectivity index (χ4n) is 2.65. The second-order valence-electron chi connectivity index (χ2n) is 5.43. The minimum absolute atomic E-state index is 0.167. The van der Waals surface area contributed by atoms with Crippen LogP contribution in [0.2, 0.25) is 5.02 Å². The molecule has 0 fully saturated rings. The molecular weight excluding hydrogens is 359 g/mol. The second-order valence-corrected chi connectivity index (χ2v) is 7.52. The lowest BCUT2D eigenvalue weighted by Gasteiger charge is -2.23. The average molecular weight is 375 g/mol. The minimum atomic E-state index is -3.91. The average Bonchev–Trinajstić information content (AvgIpc) is 2.90. The highest BCUT2D eigenvalue weighted by Crippen LogP contribution is 2.28. The first-order chi connectivity index (χ1) is 11.4. The predicted molar refractivity (Wildman–Crippen MR) is 84.4 cm³/mol. The predicted octanol–water partition coefficient (Wildman–Crippen LogP) is 2.03. The summed E-state index contributed by atoms with van der Waals surface area (Å²) < 4.78 is 47.6. The number of sulfonamides is 1. The van der Waals surface area contributed by atoms with Crippen LogP contribution in [0.4, 0.5) is 4.39 Å². The van der Waals surface area contributed by atoms with E-state index in [4.69, 9.17) is 16.3 Å². The van der Waals surface area contributed by atoms with E-state index in [0.29, 0.717) is 24.6 Å². The number of halogens is 2. The third-order valence-electron chi connectivity index (χ3n) is 3.67. The van der Waals surface area contributed by atoms with Gasteiger partial charge in [0.1, 0.15) is 23.1 Å². The van der Waals surface area contributed by atoms with Crippen molar-refractivity contribution in [1.29, 1.82) is 0 Å². The fourth-order valence-corrected chi connectivity index (χ4v) is 4.40. The van der Waals surface area contributed by atoms with Crippen LogP contribution in [0.25, 0.3) is 0 Å². The van der Waals surface area contributed by atoms with E-state index in [9.17, 15) is 12.8 Å². The molecule has 1 aromatic carbocycles. The van der Waals surface area contributed by atoms with Crippen LogP contribution in [0.1, 0.15) is 30.5 Å². The molecule has 7 nitrogen and oxygen atoms in total. The molecule has 1 aliphatic rings. The van der Waals surface area contributed by atoms with Crippen molar-refractivity contribution in [3.05, 3.63) is 40.7 Å². The lowest BCUT2D eigenvalue weighted by Crippen LogP contribution is -2.33. The fraction of sp³-hybridized carbons (Fsp3) is 0.429. The Kier molecular flexibility index (Phi) is 4.86. The van der Waals surface area contributed by atoms with E-state index in [1.165, 1.54) is 7.11 Å². The maximum Gasteiger partial charge on any atom is 0.242 e. The zero-order valence-electron chi connectivity index (χ0n) is 12.9. The molecule has 0 saturated carbocycles. The van der Waals surface area contributed by atoms with Gasteiger partial charge < -0.3 is 4.74 Å². The molecule has 0 aliphatic carbocycles. The number of hydrogen-bond acceptors (Lipinski definition) is 5. The lowest BCUT2D eigenvalue weighted by molar-refractivity contribution is 0.177. The van der Waals surface area contributed by atoms with Crippen molar-refractivity contribution in [3.8, 4) is 0 Å². The van der Waals surface area contributed by atoms with Crippen molar-refractivity contribution < 1.29 is 17.5 Å². The first-order valence-corrected chi connectivity index (χ1v) is 9.17. The molecule has 24 heavy (non-hydrogen) atoms. The van der Waals surface area contributed by atoms with Gasteiger partial charge in [0, 0.05) is 13.7 Å². The standard InChI is InChI=1S/C14H16ClFN4O3S/c1-23-8-13-17-14-11(3-2-6-20(14)18-13)19-24(21,22)12-5-4-9(16)7-10(12)15/h4-5,7,11,19H,2-3,6,8H2,1H3. The van der Waals surface area contributed by atoms with Crippen LogP contribution in [-0.2, 0) is 27.9 Å². The molecule has 130 valence electrons. The van der Waals surface area contributed by atoms with Crippen molar-refractivity contribution >= 4 is 21.6 Å². The molecule has 1 atom stereocenters. The molecule has 0 saturated heterocycles. The van der Waals surface area contributed by atoms with Crippen LogP contribution in [-0.4, -0.2) is 30.3 Å². The van der Waals surface area contributed by atoms with Gasteiger partial charge in [-0.15, -0.1) is 0 Å². The van der Waals surface area contributed by atoms with E-state index in [1.54, 1.807) is 4.68 Å². The second kappa shape index (κ2) is 6.75. The Morgan fingerprint density at radius 1 is 1.50 bits per heavy atom. The summed E-state index contributed by atoms with van der Waals surface area (Å²) in [5, 5.41) is 4.13. The Bertz CT molecular complexity index is 856. The van der Waals surface area contributed by atoms with Crippen LogP contribution >= 0.6 is 11.6 Å². The summed E-state index contributed by atoms with van der Waals surface area (Å²) in [5.74, 6) is 0.439. The Labute approximate surface area is 143 Å². The smallest absolute Gasteiger partial charge is 0.242 e. The molecular formula is C14H16ClFN4O3S. The van der Waals surface area contributed by atoms with Crippen LogP contribution in [0.3, 0.4) is 0 Å². The number of aromatic nitrogens is 3. The van der Waals surface area contributed by atoms with Gasteiger partial charge in [0.25, 0.3) is 0 Å². The van der Waals surface area contributed by atoms with E-state index in [2.05, 4.69) is 14.8 Å². The van der Waals surface area contributed by atoms with E-state index in [0.717, 1.165) is 24.6 Å². The molecule has 10 heteroatoms. The van der Waals surface area contributed by atoms with E-state index >= 15 is 0 Å². The highest BCUT2D eigenvalue weighted by atomic mass is 35.5. The number of ether oxygens (including phenoxy) is 1. The van der Waals surface area contributed by atoms with Gasteiger partial charge in [-0.25, -0.2) is 27.2 Å². The van der Waals surface area contributed by atoms with Crippen LogP contribution in [0, 0.1) is 5.82 Å². The summed E-state index contributed by atoms with van der Waals surface area (Å²) >= 11 is 5.87. The van der Waals surface area contributed by atoms with Gasteiger partial charge in [0.2, 0.25) is 10.0 Å². The van der Waals surface area contributed by atoms with Gasteiger partial charge in [0.05, 0.1) is 11.1 Å². The molecule has 1 N–H and O–H groups in total. The summed E-state index contributed by atoms with van der Waals surface area (Å²) in [6.07, 6.45) is 1.34. The van der Waals surface area contributed by atoms with Crippen LogP contribution in [0.15, 0.2) is 23.1 Å². The summed E-state index contributed by atoms with van der Waals surface area (Å²) in [6, 6.07) is 2.64. The monoisotopic (exact) mass is 374 g/mol. The molecule has 2 aromatic rings. The maximum atomic E-state index is 13.1. The van der Waals surface area contributed by atoms with Gasteiger partial charge in [-0.3, -0.25) is 0 Å². The molecule has 0 radical (unpaired) electrons. The van der Waals surface area contributed by atoms with E-state index < -0.39 is 21.9 Å². The molecule has 3 rings (SSSR count). The zero-order valence-corrected chi connectivity index (χ0v) is 14.4. The summed E-state index contributed by atoms with van der Waals surface area (Å²) in [6.45, 7) is 0.921. The summed E-state index contributed by atoms with van der Waals surface area (Å²) in [5.41, 5.74) is 0. The first kappa shape index (κ1) is 17.3. The Morgan fingerprint density at radius 3 is 3.00 bits per heavy atom. The number of hydrogen-bond donors (Lipinski definition) is 1. The van der Waals surface area contributed by atoms with Crippen molar-refractivity contribution in [2.75, 3.05) is 7.11 Å². The SMILES string of the molecule is COCc1nc2n(n1)CCCC2NS(=O)(=O)c1ccc(F)cc1Cl. The first-order valence-electron chi connectivity index (χ1n) is 7.30. The topological polar surface area (TPSA) is 86.1 Å². The number of nitrogens with zero attached hydrogens (tertiary/aromatic N) is 3. The van der Waals surface area contributed by atoms with E-state index in [1.807, 2.05) is 0 Å². The van der Waals surface area contributed by atoms with Gasteiger partial charge in [-0.2, -0.15) is 5.10 Å². The van der Waals surface area contributed by atoms with Crippen molar-refractivity contribution in [1.82, 2.24) is 19.5 Å².